The molecule has 4 rings (SSSR count). The number of hydrogen-bond donors (Lipinski definition) is 0. The van der Waals surface area contributed by atoms with Crippen LogP contribution < -0.4 is 4.74 Å². The Morgan fingerprint density at radius 3 is 3.04 bits per heavy atom. The molecule has 4 heterocycles. The van der Waals surface area contributed by atoms with Crippen molar-refractivity contribution in [3.63, 3.8) is 0 Å². The summed E-state index contributed by atoms with van der Waals surface area (Å²) in [6.45, 7) is 2.38. The van der Waals surface area contributed by atoms with Crippen LogP contribution in [0.5, 0.6) is 5.88 Å². The summed E-state index contributed by atoms with van der Waals surface area (Å²) in [6.07, 6.45) is 7.20. The minimum atomic E-state index is 0.108. The number of hydrogen-bond acceptors (Lipinski definition) is 7. The van der Waals surface area contributed by atoms with Crippen LogP contribution in [0.1, 0.15) is 54.6 Å². The van der Waals surface area contributed by atoms with Crippen molar-refractivity contribution in [3.05, 3.63) is 35.1 Å². The maximum atomic E-state index is 12.6. The second-order valence-corrected chi connectivity index (χ2v) is 7.59. The molecule has 2 aromatic heterocycles. The quantitative estimate of drug-likeness (QED) is 0.780. The number of methoxy groups -OCH3 is 1. The third-order valence-electron chi connectivity index (χ3n) is 5.71. The van der Waals surface area contributed by atoms with Crippen LogP contribution in [0.2, 0.25) is 0 Å². The number of fused-ring (bicyclic) bond motifs is 1. The van der Waals surface area contributed by atoms with Gasteiger partial charge >= 0.3 is 0 Å². The van der Waals surface area contributed by atoms with E-state index in [1.807, 2.05) is 11.1 Å². The fourth-order valence-corrected chi connectivity index (χ4v) is 4.00. The maximum Gasteiger partial charge on any atom is 0.254 e. The zero-order chi connectivity index (χ0) is 19.5. The van der Waals surface area contributed by atoms with Crippen LogP contribution >= 0.6 is 0 Å². The highest BCUT2D eigenvalue weighted by molar-refractivity contribution is 5.76. The molecule has 1 amide bonds. The number of rotatable bonds is 5. The first-order valence-corrected chi connectivity index (χ1v) is 9.96. The van der Waals surface area contributed by atoms with Crippen molar-refractivity contribution in [2.75, 3.05) is 27.2 Å². The normalized spacial score (nSPS) is 20.1. The molecular weight excluding hydrogens is 358 g/mol. The van der Waals surface area contributed by atoms with Gasteiger partial charge in [0.15, 0.2) is 0 Å². The second-order valence-electron chi connectivity index (χ2n) is 7.59. The van der Waals surface area contributed by atoms with E-state index in [2.05, 4.69) is 22.1 Å². The highest BCUT2D eigenvalue weighted by Crippen LogP contribution is 2.28. The number of carbonyl (C=O) groups excluding carboxylic acids is 1. The van der Waals surface area contributed by atoms with Gasteiger partial charge in [0.2, 0.25) is 5.91 Å². The number of carbonyl (C=O) groups is 1. The predicted molar refractivity (Wildman–Crippen MR) is 102 cm³/mol. The standard InChI is InChI=1S/C20H27N5O3/c1-24-9-4-3-5-17(24)20-21-12-14-13-25(10-8-16(14)22-20)19(26)7-6-15-11-18(27-2)23-28-15/h11-12,17H,3-10,13H2,1-2H3. The molecule has 2 aliphatic heterocycles. The van der Waals surface area contributed by atoms with E-state index >= 15 is 0 Å². The van der Waals surface area contributed by atoms with Crippen molar-refractivity contribution in [1.82, 2.24) is 24.9 Å². The first kappa shape index (κ1) is 18.9. The van der Waals surface area contributed by atoms with Crippen molar-refractivity contribution < 1.29 is 14.1 Å². The summed E-state index contributed by atoms with van der Waals surface area (Å²) in [5, 5.41) is 3.76. The molecule has 8 heteroatoms. The summed E-state index contributed by atoms with van der Waals surface area (Å²) < 4.78 is 10.2. The van der Waals surface area contributed by atoms with Crippen LogP contribution in [-0.4, -0.2) is 58.1 Å². The molecule has 0 aromatic carbocycles. The molecule has 0 aliphatic carbocycles. The van der Waals surface area contributed by atoms with Crippen LogP contribution in [0, 0.1) is 0 Å². The van der Waals surface area contributed by atoms with E-state index in [0.29, 0.717) is 43.6 Å². The Balaban J connectivity index is 1.37. The van der Waals surface area contributed by atoms with Crippen LogP contribution in [0.25, 0.3) is 0 Å². The minimum Gasteiger partial charge on any atom is -0.479 e. The zero-order valence-electron chi connectivity index (χ0n) is 16.6. The number of aryl methyl sites for hydroxylation is 1. The van der Waals surface area contributed by atoms with E-state index in [1.54, 1.807) is 6.07 Å². The molecule has 1 unspecified atom stereocenters. The van der Waals surface area contributed by atoms with Crippen LogP contribution in [0.15, 0.2) is 16.8 Å². The highest BCUT2D eigenvalue weighted by Gasteiger charge is 2.26. The van der Waals surface area contributed by atoms with Gasteiger partial charge in [-0.2, -0.15) is 0 Å². The Labute approximate surface area is 164 Å². The summed E-state index contributed by atoms with van der Waals surface area (Å²) >= 11 is 0. The van der Waals surface area contributed by atoms with E-state index < -0.39 is 0 Å². The molecule has 2 aliphatic rings. The lowest BCUT2D eigenvalue weighted by Gasteiger charge is -2.32. The third kappa shape index (κ3) is 4.01. The van der Waals surface area contributed by atoms with Crippen molar-refractivity contribution in [2.24, 2.45) is 0 Å². The van der Waals surface area contributed by atoms with Crippen molar-refractivity contribution >= 4 is 5.91 Å². The number of aromatic nitrogens is 3. The number of likely N-dealkylation sites (tertiary alicyclic amines) is 1. The molecule has 0 saturated carbocycles. The molecule has 28 heavy (non-hydrogen) atoms. The van der Waals surface area contributed by atoms with Gasteiger partial charge in [-0.25, -0.2) is 9.97 Å². The van der Waals surface area contributed by atoms with E-state index in [9.17, 15) is 4.79 Å². The molecule has 1 saturated heterocycles. The van der Waals surface area contributed by atoms with Gasteiger partial charge in [0.25, 0.3) is 5.88 Å². The summed E-state index contributed by atoms with van der Waals surface area (Å²) in [7, 11) is 3.69. The Morgan fingerprint density at radius 1 is 1.36 bits per heavy atom. The monoisotopic (exact) mass is 385 g/mol. The average Bonchev–Trinajstić information content (AvgIpc) is 3.20. The molecule has 1 fully saturated rings. The lowest BCUT2D eigenvalue weighted by Crippen LogP contribution is -2.37. The molecule has 0 spiro atoms. The largest absolute Gasteiger partial charge is 0.479 e. The van der Waals surface area contributed by atoms with Gasteiger partial charge in [-0.05, 0) is 31.6 Å². The minimum absolute atomic E-state index is 0.108. The lowest BCUT2D eigenvalue weighted by atomic mass is 10.0. The van der Waals surface area contributed by atoms with E-state index in [1.165, 1.54) is 20.0 Å². The van der Waals surface area contributed by atoms with Crippen LogP contribution in [-0.2, 0) is 24.2 Å². The fraction of sp³-hybridized carbons (Fsp3) is 0.600. The highest BCUT2D eigenvalue weighted by atomic mass is 16.5. The number of amides is 1. The molecule has 8 nitrogen and oxygen atoms in total. The van der Waals surface area contributed by atoms with Crippen LogP contribution in [0.4, 0.5) is 0 Å². The number of nitrogens with zero attached hydrogens (tertiary/aromatic N) is 5. The fourth-order valence-electron chi connectivity index (χ4n) is 4.00. The predicted octanol–water partition coefficient (Wildman–Crippen LogP) is 2.15. The molecule has 2 aromatic rings. The Hall–Kier alpha value is -2.48. The first-order valence-electron chi connectivity index (χ1n) is 9.96. The first-order chi connectivity index (χ1) is 13.6. The molecule has 0 N–H and O–H groups in total. The number of piperidine rings is 1. The van der Waals surface area contributed by atoms with E-state index in [-0.39, 0.29) is 5.91 Å². The summed E-state index contributed by atoms with van der Waals surface area (Å²) in [4.78, 5) is 26.3. The van der Waals surface area contributed by atoms with E-state index in [0.717, 1.165) is 36.5 Å². The van der Waals surface area contributed by atoms with Gasteiger partial charge in [0.1, 0.15) is 11.6 Å². The maximum absolute atomic E-state index is 12.6. The molecule has 0 radical (unpaired) electrons. The van der Waals surface area contributed by atoms with Crippen molar-refractivity contribution in [3.8, 4) is 5.88 Å². The average molecular weight is 385 g/mol. The lowest BCUT2D eigenvalue weighted by molar-refractivity contribution is -0.132. The Bertz CT molecular complexity index is 837. The molecule has 0 bridgehead atoms. The second kappa shape index (κ2) is 8.26. The van der Waals surface area contributed by atoms with Gasteiger partial charge in [-0.15, -0.1) is 0 Å². The zero-order valence-corrected chi connectivity index (χ0v) is 16.6. The van der Waals surface area contributed by atoms with Crippen LogP contribution in [0.3, 0.4) is 0 Å². The summed E-state index contributed by atoms with van der Waals surface area (Å²) in [5.74, 6) is 2.13. The van der Waals surface area contributed by atoms with Gasteiger partial charge in [0, 0.05) is 50.2 Å². The topological polar surface area (TPSA) is 84.6 Å². The molecule has 150 valence electrons. The van der Waals surface area contributed by atoms with Crippen molar-refractivity contribution in [2.45, 2.75) is 51.1 Å². The van der Waals surface area contributed by atoms with Gasteiger partial charge in [-0.1, -0.05) is 6.42 Å². The Morgan fingerprint density at radius 2 is 2.25 bits per heavy atom. The molecule has 1 atom stereocenters. The third-order valence-corrected chi connectivity index (χ3v) is 5.71. The Kier molecular flexibility index (Phi) is 5.57. The summed E-state index contributed by atoms with van der Waals surface area (Å²) in [5.41, 5.74) is 2.15. The van der Waals surface area contributed by atoms with E-state index in [4.69, 9.17) is 14.2 Å². The summed E-state index contributed by atoms with van der Waals surface area (Å²) in [6, 6.07) is 2.04. The van der Waals surface area contributed by atoms with Crippen molar-refractivity contribution in [1.29, 1.82) is 0 Å². The van der Waals surface area contributed by atoms with Gasteiger partial charge in [-0.3, -0.25) is 9.69 Å². The molecular formula is C20H27N5O3. The smallest absolute Gasteiger partial charge is 0.254 e. The number of ether oxygens (including phenoxy) is 1. The SMILES string of the molecule is COc1cc(CCC(=O)N2CCc3nc(C4CCCCN4C)ncc3C2)on1. The van der Waals surface area contributed by atoms with Gasteiger partial charge in [0.05, 0.1) is 18.8 Å². The van der Waals surface area contributed by atoms with Gasteiger partial charge < -0.3 is 14.2 Å².